The molecule has 1 rings (SSSR count). The lowest BCUT2D eigenvalue weighted by Crippen LogP contribution is -2.03. The van der Waals surface area contributed by atoms with Gasteiger partial charge in [0.05, 0.1) is 7.11 Å². The molecule has 80 valence electrons. The first-order valence-corrected chi connectivity index (χ1v) is 4.20. The largest absolute Gasteiger partial charge is 0.494 e. The Morgan fingerprint density at radius 1 is 1.40 bits per heavy atom. The molecule has 0 fully saturated rings. The molecule has 0 aromatic heterocycles. The zero-order valence-electron chi connectivity index (χ0n) is 8.43. The summed E-state index contributed by atoms with van der Waals surface area (Å²) in [6, 6.07) is 1.98. The van der Waals surface area contributed by atoms with Crippen molar-refractivity contribution in [2.45, 2.75) is 6.92 Å². The average Bonchev–Trinajstić information content (AvgIpc) is 2.20. The second-order valence-electron chi connectivity index (χ2n) is 3.08. The highest BCUT2D eigenvalue weighted by molar-refractivity contribution is 6.08. The van der Waals surface area contributed by atoms with Crippen molar-refractivity contribution >= 4 is 5.78 Å². The quantitative estimate of drug-likeness (QED) is 0.568. The van der Waals surface area contributed by atoms with E-state index in [4.69, 9.17) is 0 Å². The highest BCUT2D eigenvalue weighted by Gasteiger charge is 2.15. The Balaban J connectivity index is 3.28. The van der Waals surface area contributed by atoms with E-state index in [0.29, 0.717) is 0 Å². The molecular weight excluding hydrogens is 202 g/mol. The van der Waals surface area contributed by atoms with E-state index >= 15 is 0 Å². The lowest BCUT2D eigenvalue weighted by Gasteiger charge is -2.05. The van der Waals surface area contributed by atoms with Gasteiger partial charge >= 0.3 is 0 Å². The lowest BCUT2D eigenvalue weighted by molar-refractivity contribution is 0.103. The summed E-state index contributed by atoms with van der Waals surface area (Å²) in [5.74, 6) is -2.94. The minimum Gasteiger partial charge on any atom is -0.494 e. The Morgan fingerprint density at radius 2 is 2.00 bits per heavy atom. The van der Waals surface area contributed by atoms with E-state index in [-0.39, 0.29) is 16.9 Å². The van der Waals surface area contributed by atoms with Gasteiger partial charge in [-0.1, -0.05) is 6.58 Å². The summed E-state index contributed by atoms with van der Waals surface area (Å²) in [5, 5.41) is 0. The van der Waals surface area contributed by atoms with Crippen LogP contribution in [0.15, 0.2) is 24.3 Å². The number of benzene rings is 1. The van der Waals surface area contributed by atoms with Crippen molar-refractivity contribution < 1.29 is 18.3 Å². The van der Waals surface area contributed by atoms with Crippen LogP contribution in [0.2, 0.25) is 0 Å². The summed E-state index contributed by atoms with van der Waals surface area (Å²) in [6.07, 6.45) is 0. The summed E-state index contributed by atoms with van der Waals surface area (Å²) < 4.78 is 30.6. The first kappa shape index (κ1) is 11.4. The minimum atomic E-state index is -1.11. The molecule has 0 amide bonds. The maximum Gasteiger partial charge on any atom is 0.200 e. The predicted molar refractivity (Wildman–Crippen MR) is 52.1 cm³/mol. The van der Waals surface area contributed by atoms with E-state index < -0.39 is 17.4 Å². The van der Waals surface area contributed by atoms with Crippen LogP contribution in [0.5, 0.6) is 5.75 Å². The molecule has 0 bridgehead atoms. The monoisotopic (exact) mass is 212 g/mol. The summed E-state index contributed by atoms with van der Waals surface area (Å²) in [4.78, 5) is 11.4. The smallest absolute Gasteiger partial charge is 0.200 e. The van der Waals surface area contributed by atoms with E-state index in [2.05, 4.69) is 11.3 Å². The van der Waals surface area contributed by atoms with E-state index in [1.165, 1.54) is 14.0 Å². The van der Waals surface area contributed by atoms with Crippen molar-refractivity contribution in [3.8, 4) is 5.75 Å². The van der Waals surface area contributed by atoms with Crippen molar-refractivity contribution in [3.05, 3.63) is 41.5 Å². The number of carbonyl (C=O) groups is 1. The molecule has 4 heteroatoms. The van der Waals surface area contributed by atoms with Crippen molar-refractivity contribution in [1.82, 2.24) is 0 Å². The molecule has 0 unspecified atom stereocenters. The van der Waals surface area contributed by atoms with Crippen LogP contribution < -0.4 is 4.74 Å². The number of carbonyl (C=O) groups excluding carboxylic acids is 1. The Morgan fingerprint density at radius 3 is 2.47 bits per heavy atom. The van der Waals surface area contributed by atoms with Gasteiger partial charge in [-0.15, -0.1) is 0 Å². The van der Waals surface area contributed by atoms with Crippen molar-refractivity contribution in [2.24, 2.45) is 0 Å². The Bertz CT molecular complexity index is 425. The van der Waals surface area contributed by atoms with Gasteiger partial charge in [-0.2, -0.15) is 4.39 Å². The zero-order valence-corrected chi connectivity index (χ0v) is 8.43. The van der Waals surface area contributed by atoms with Gasteiger partial charge < -0.3 is 4.74 Å². The first-order chi connectivity index (χ1) is 6.97. The Labute approximate surface area is 86.2 Å². The number of halogens is 2. The number of Topliss-reactive ketones (excluding diaryl/α,β-unsaturated/α-hetero) is 1. The van der Waals surface area contributed by atoms with E-state index in [1.54, 1.807) is 0 Å². The lowest BCUT2D eigenvalue weighted by atomic mass is 10.1. The molecule has 0 spiro atoms. The number of rotatable bonds is 3. The molecule has 0 saturated heterocycles. The van der Waals surface area contributed by atoms with Gasteiger partial charge in [0.25, 0.3) is 0 Å². The van der Waals surface area contributed by atoms with Crippen LogP contribution in [0.3, 0.4) is 0 Å². The topological polar surface area (TPSA) is 26.3 Å². The predicted octanol–water partition coefficient (Wildman–Crippen LogP) is 2.73. The van der Waals surface area contributed by atoms with Crippen molar-refractivity contribution in [2.75, 3.05) is 7.11 Å². The van der Waals surface area contributed by atoms with Crippen molar-refractivity contribution in [3.63, 3.8) is 0 Å². The number of ketones is 1. The molecular formula is C11H10F2O2. The standard InChI is InChI=1S/C11H10F2O2/c1-6(2)11(14)7-4-8(12)10(13)9(5-7)15-3/h4-5H,1H2,2-3H3. The molecule has 0 saturated carbocycles. The third-order valence-electron chi connectivity index (χ3n) is 1.86. The molecule has 0 aliphatic heterocycles. The number of allylic oxidation sites excluding steroid dienone is 1. The normalized spacial score (nSPS) is 9.87. The molecule has 1 aromatic carbocycles. The van der Waals surface area contributed by atoms with E-state index in [1.807, 2.05) is 0 Å². The zero-order chi connectivity index (χ0) is 11.6. The van der Waals surface area contributed by atoms with E-state index in [9.17, 15) is 13.6 Å². The van der Waals surface area contributed by atoms with Gasteiger partial charge in [0.1, 0.15) is 0 Å². The molecule has 15 heavy (non-hydrogen) atoms. The molecule has 0 N–H and O–H groups in total. The Hall–Kier alpha value is -1.71. The summed E-state index contributed by atoms with van der Waals surface area (Å²) >= 11 is 0. The fraction of sp³-hybridized carbons (Fsp3) is 0.182. The maximum absolute atomic E-state index is 13.0. The Kier molecular flexibility index (Phi) is 3.19. The van der Waals surface area contributed by atoms with Crippen LogP contribution in [0.4, 0.5) is 8.78 Å². The highest BCUT2D eigenvalue weighted by Crippen LogP contribution is 2.23. The van der Waals surface area contributed by atoms with Gasteiger partial charge in [0, 0.05) is 5.56 Å². The average molecular weight is 212 g/mol. The first-order valence-electron chi connectivity index (χ1n) is 4.20. The van der Waals surface area contributed by atoms with Crippen LogP contribution in [-0.2, 0) is 0 Å². The van der Waals surface area contributed by atoms with Crippen LogP contribution in [0.25, 0.3) is 0 Å². The van der Waals surface area contributed by atoms with Crippen LogP contribution >= 0.6 is 0 Å². The van der Waals surface area contributed by atoms with Gasteiger partial charge in [0.2, 0.25) is 5.82 Å². The third-order valence-corrected chi connectivity index (χ3v) is 1.86. The molecule has 0 aliphatic rings. The molecule has 0 aliphatic carbocycles. The van der Waals surface area contributed by atoms with Crippen molar-refractivity contribution in [1.29, 1.82) is 0 Å². The third kappa shape index (κ3) is 2.21. The summed E-state index contributed by atoms with van der Waals surface area (Å²) in [7, 11) is 1.20. The molecule has 0 radical (unpaired) electrons. The summed E-state index contributed by atoms with van der Waals surface area (Å²) in [6.45, 7) is 4.93. The van der Waals surface area contributed by atoms with Gasteiger partial charge in [0.15, 0.2) is 17.3 Å². The van der Waals surface area contributed by atoms with Gasteiger partial charge in [-0.3, -0.25) is 4.79 Å². The molecule has 0 heterocycles. The molecule has 0 atom stereocenters. The van der Waals surface area contributed by atoms with Gasteiger partial charge in [-0.25, -0.2) is 4.39 Å². The number of ether oxygens (including phenoxy) is 1. The molecule has 1 aromatic rings. The fourth-order valence-electron chi connectivity index (χ4n) is 1.09. The molecule has 2 nitrogen and oxygen atoms in total. The second kappa shape index (κ2) is 4.21. The SMILES string of the molecule is C=C(C)C(=O)c1cc(F)c(F)c(OC)c1. The second-order valence-corrected chi connectivity index (χ2v) is 3.08. The van der Waals surface area contributed by atoms with Crippen LogP contribution in [0, 0.1) is 11.6 Å². The highest BCUT2D eigenvalue weighted by atomic mass is 19.2. The fourth-order valence-corrected chi connectivity index (χ4v) is 1.09. The maximum atomic E-state index is 13.0. The summed E-state index contributed by atoms with van der Waals surface area (Å²) in [5.41, 5.74) is 0.279. The van der Waals surface area contributed by atoms with Gasteiger partial charge in [-0.05, 0) is 24.6 Å². The number of methoxy groups -OCH3 is 1. The van der Waals surface area contributed by atoms with E-state index in [0.717, 1.165) is 12.1 Å². The number of hydrogen-bond acceptors (Lipinski definition) is 2. The van der Waals surface area contributed by atoms with Crippen LogP contribution in [0.1, 0.15) is 17.3 Å². The van der Waals surface area contributed by atoms with Crippen LogP contribution in [-0.4, -0.2) is 12.9 Å². The minimum absolute atomic E-state index is 0.0262. The number of hydrogen-bond donors (Lipinski definition) is 0.